The first-order chi connectivity index (χ1) is 27.8. The molecule has 1 N–H and O–H groups in total. The highest BCUT2D eigenvalue weighted by Crippen LogP contribution is 2.48. The molecule has 306 valence electrons. The van der Waals surface area contributed by atoms with Crippen molar-refractivity contribution in [3.63, 3.8) is 0 Å². The highest BCUT2D eigenvalue weighted by molar-refractivity contribution is 6.07. The predicted octanol–water partition coefficient (Wildman–Crippen LogP) is 8.62. The first kappa shape index (κ1) is 39.3. The standard InChI is InChI=1S/C44H51F2N7O5/c1-7-29-22-32-37(38(55-24-28-9-11-30(12-10-28)56-40(45)46)36(29)35-27(2)8-13-34-33(35)23-47-50-34)48-41(57-31-14-18-51(6)19-15-31)49-39(32)52-20-16-44(17-21-52)25-53(26-44)42(54)58-43(3,4)5/h7-13,22-23,31,40H,1,14-21,24-26H2,2-6H3,(H,47,50). The maximum absolute atomic E-state index is 12.9. The van der Waals surface area contributed by atoms with Crippen LogP contribution in [0, 0.1) is 12.3 Å². The van der Waals surface area contributed by atoms with Gasteiger partial charge in [-0.25, -0.2) is 4.79 Å². The van der Waals surface area contributed by atoms with E-state index >= 15 is 0 Å². The van der Waals surface area contributed by atoms with Gasteiger partial charge in [0, 0.05) is 61.0 Å². The molecule has 3 fully saturated rings. The second kappa shape index (κ2) is 15.7. The molecule has 3 aliphatic heterocycles. The minimum atomic E-state index is -2.92. The summed E-state index contributed by atoms with van der Waals surface area (Å²) in [6.45, 7) is 13.8. The molecule has 5 aromatic rings. The third-order valence-corrected chi connectivity index (χ3v) is 11.5. The number of H-pyrrole nitrogens is 1. The summed E-state index contributed by atoms with van der Waals surface area (Å²) < 4.78 is 49.7. The van der Waals surface area contributed by atoms with E-state index in [1.54, 1.807) is 17.0 Å². The minimum Gasteiger partial charge on any atom is -0.486 e. The molecule has 12 nitrogen and oxygen atoms in total. The smallest absolute Gasteiger partial charge is 0.410 e. The number of carbonyl (C=O) groups excluding carboxylic acids is 1. The molecule has 0 saturated carbocycles. The van der Waals surface area contributed by atoms with E-state index in [9.17, 15) is 13.6 Å². The van der Waals surface area contributed by atoms with Gasteiger partial charge in [-0.05, 0) is 107 Å². The van der Waals surface area contributed by atoms with Crippen LogP contribution in [0.5, 0.6) is 17.5 Å². The number of alkyl halides is 2. The summed E-state index contributed by atoms with van der Waals surface area (Å²) in [4.78, 5) is 29.5. The summed E-state index contributed by atoms with van der Waals surface area (Å²) >= 11 is 0. The maximum atomic E-state index is 12.9. The normalized spacial score (nSPS) is 17.5. The van der Waals surface area contributed by atoms with Gasteiger partial charge in [0.15, 0.2) is 5.75 Å². The van der Waals surface area contributed by atoms with Crippen LogP contribution < -0.4 is 19.1 Å². The van der Waals surface area contributed by atoms with Crippen molar-refractivity contribution in [3.05, 3.63) is 71.9 Å². The van der Waals surface area contributed by atoms with E-state index in [-0.39, 0.29) is 36.0 Å². The molecule has 1 amide bonds. The van der Waals surface area contributed by atoms with Gasteiger partial charge in [-0.1, -0.05) is 30.9 Å². The highest BCUT2D eigenvalue weighted by atomic mass is 19.3. The van der Waals surface area contributed by atoms with Crippen LogP contribution in [0.25, 0.3) is 39.0 Å². The van der Waals surface area contributed by atoms with Gasteiger partial charge in [-0.2, -0.15) is 23.8 Å². The van der Waals surface area contributed by atoms with E-state index in [0.29, 0.717) is 24.4 Å². The average molecular weight is 796 g/mol. The number of ether oxygens (including phenoxy) is 4. The van der Waals surface area contributed by atoms with Gasteiger partial charge in [0.25, 0.3) is 0 Å². The van der Waals surface area contributed by atoms with Crippen molar-refractivity contribution in [1.82, 2.24) is 30.0 Å². The van der Waals surface area contributed by atoms with E-state index in [0.717, 1.165) is 102 Å². The lowest BCUT2D eigenvalue weighted by Crippen LogP contribution is -2.62. The van der Waals surface area contributed by atoms with Gasteiger partial charge >= 0.3 is 18.7 Å². The summed E-state index contributed by atoms with van der Waals surface area (Å²) in [5.41, 5.74) is 5.25. The Balaban J connectivity index is 1.22. The Kier molecular flexibility index (Phi) is 10.6. The Morgan fingerprint density at radius 1 is 1.02 bits per heavy atom. The van der Waals surface area contributed by atoms with Crippen LogP contribution in [0.15, 0.2) is 55.2 Å². The molecule has 0 unspecified atom stereocenters. The number of anilines is 1. The molecule has 3 aliphatic rings. The molecule has 0 bridgehead atoms. The number of nitrogens with one attached hydrogen (secondary N) is 1. The van der Waals surface area contributed by atoms with Crippen molar-refractivity contribution >= 4 is 39.8 Å². The molecule has 1 spiro atoms. The quantitative estimate of drug-likeness (QED) is 0.147. The number of aryl methyl sites for hydroxylation is 1. The van der Waals surface area contributed by atoms with Gasteiger partial charge in [0.2, 0.25) is 0 Å². The number of hydrogen-bond acceptors (Lipinski definition) is 10. The van der Waals surface area contributed by atoms with Crippen molar-refractivity contribution in [2.24, 2.45) is 5.41 Å². The number of carbonyl (C=O) groups is 1. The van der Waals surface area contributed by atoms with Gasteiger partial charge in [-0.3, -0.25) is 5.10 Å². The number of fused-ring (bicyclic) bond motifs is 2. The number of aromatic amines is 1. The first-order valence-corrected chi connectivity index (χ1v) is 20.0. The lowest BCUT2D eigenvalue weighted by molar-refractivity contribution is -0.0499. The van der Waals surface area contributed by atoms with Crippen molar-refractivity contribution < 1.29 is 32.5 Å². The van der Waals surface area contributed by atoms with E-state index in [1.807, 2.05) is 45.2 Å². The molecule has 0 atom stereocenters. The summed E-state index contributed by atoms with van der Waals surface area (Å²) in [6.07, 6.45) is 6.79. The van der Waals surface area contributed by atoms with Gasteiger partial charge in [-0.15, -0.1) is 0 Å². The van der Waals surface area contributed by atoms with Crippen molar-refractivity contribution in [2.75, 3.05) is 51.2 Å². The zero-order chi connectivity index (χ0) is 40.8. The molecular weight excluding hydrogens is 745 g/mol. The van der Waals surface area contributed by atoms with Crippen LogP contribution in [0.4, 0.5) is 19.4 Å². The number of rotatable bonds is 10. The van der Waals surface area contributed by atoms with Crippen LogP contribution in [-0.2, 0) is 11.3 Å². The maximum Gasteiger partial charge on any atom is 0.410 e. The monoisotopic (exact) mass is 795 g/mol. The van der Waals surface area contributed by atoms with E-state index < -0.39 is 12.2 Å². The van der Waals surface area contributed by atoms with Gasteiger partial charge in [0.1, 0.15) is 35.4 Å². The Morgan fingerprint density at radius 3 is 2.41 bits per heavy atom. The van der Waals surface area contributed by atoms with Crippen molar-refractivity contribution in [2.45, 2.75) is 78.3 Å². The Labute approximate surface area is 337 Å². The minimum absolute atomic E-state index is 0.0219. The van der Waals surface area contributed by atoms with Crippen LogP contribution in [-0.4, -0.2) is 101 Å². The number of nitrogens with zero attached hydrogens (tertiary/aromatic N) is 6. The highest BCUT2D eigenvalue weighted by Gasteiger charge is 2.48. The van der Waals surface area contributed by atoms with Crippen LogP contribution in [0.2, 0.25) is 0 Å². The number of amides is 1. The molecule has 14 heteroatoms. The molecule has 0 radical (unpaired) electrons. The van der Waals surface area contributed by atoms with E-state index in [4.69, 9.17) is 24.2 Å². The lowest BCUT2D eigenvalue weighted by atomic mass is 9.72. The molecule has 5 heterocycles. The summed E-state index contributed by atoms with van der Waals surface area (Å²) in [5.74, 6) is 1.34. The SMILES string of the molecule is C=Cc1cc2c(N3CCC4(CC3)CN(C(=O)OC(C)(C)C)C4)nc(OC3CCN(C)CC3)nc2c(OCc2ccc(OC(F)F)cc2)c1-c1c(C)ccc2[nH]ncc12. The fraction of sp³-hybridized carbons (Fsp3) is 0.455. The van der Waals surface area contributed by atoms with E-state index in [2.05, 4.69) is 51.4 Å². The molecule has 3 saturated heterocycles. The number of likely N-dealkylation sites (tertiary alicyclic amines) is 2. The van der Waals surface area contributed by atoms with Gasteiger partial charge in [0.05, 0.1) is 11.7 Å². The van der Waals surface area contributed by atoms with Gasteiger partial charge < -0.3 is 33.6 Å². The zero-order valence-electron chi connectivity index (χ0n) is 33.8. The average Bonchev–Trinajstić information content (AvgIpc) is 3.65. The van der Waals surface area contributed by atoms with Crippen molar-refractivity contribution in [3.8, 4) is 28.6 Å². The molecule has 8 rings (SSSR count). The number of hydrogen-bond donors (Lipinski definition) is 1. The second-order valence-electron chi connectivity index (χ2n) is 16.9. The van der Waals surface area contributed by atoms with Crippen LogP contribution in [0.1, 0.15) is 63.1 Å². The fourth-order valence-corrected chi connectivity index (χ4v) is 8.43. The summed E-state index contributed by atoms with van der Waals surface area (Å²) in [5, 5.41) is 9.19. The second-order valence-corrected chi connectivity index (χ2v) is 16.9. The summed E-state index contributed by atoms with van der Waals surface area (Å²) in [6, 6.07) is 12.9. The zero-order valence-corrected chi connectivity index (χ0v) is 33.8. The summed E-state index contributed by atoms with van der Waals surface area (Å²) in [7, 11) is 2.11. The molecule has 0 aliphatic carbocycles. The number of halogens is 2. The number of aromatic nitrogens is 4. The third-order valence-electron chi connectivity index (χ3n) is 11.5. The molecular formula is C44H51F2N7O5. The van der Waals surface area contributed by atoms with Crippen LogP contribution >= 0.6 is 0 Å². The number of benzene rings is 3. The molecule has 58 heavy (non-hydrogen) atoms. The first-order valence-electron chi connectivity index (χ1n) is 20.0. The third kappa shape index (κ3) is 8.11. The van der Waals surface area contributed by atoms with E-state index in [1.165, 1.54) is 12.1 Å². The lowest BCUT2D eigenvalue weighted by Gasteiger charge is -2.53. The molecule has 3 aromatic carbocycles. The predicted molar refractivity (Wildman–Crippen MR) is 220 cm³/mol. The van der Waals surface area contributed by atoms with Crippen LogP contribution in [0.3, 0.4) is 0 Å². The molecule has 2 aromatic heterocycles. The fourth-order valence-electron chi connectivity index (χ4n) is 8.43. The largest absolute Gasteiger partial charge is 0.486 e. The Morgan fingerprint density at radius 2 is 1.74 bits per heavy atom. The van der Waals surface area contributed by atoms with Crippen molar-refractivity contribution in [1.29, 1.82) is 0 Å². The number of piperidine rings is 2. The Hall–Kier alpha value is -5.50. The Bertz CT molecular complexity index is 2300. The topological polar surface area (TPSA) is 118 Å².